The van der Waals surface area contributed by atoms with E-state index >= 15 is 0 Å². The quantitative estimate of drug-likeness (QED) is 0.176. The van der Waals surface area contributed by atoms with E-state index in [-0.39, 0.29) is 0 Å². The topological polar surface area (TPSA) is 0 Å². The molecule has 0 spiro atoms. The lowest BCUT2D eigenvalue weighted by atomic mass is 9.59. The number of benzene rings is 9. The maximum absolute atomic E-state index is 2.42. The minimum absolute atomic E-state index is 0.324. The lowest BCUT2D eigenvalue weighted by Crippen LogP contribution is -2.26. The summed E-state index contributed by atoms with van der Waals surface area (Å²) in [6.07, 6.45) is 2.33. The van der Waals surface area contributed by atoms with Crippen molar-refractivity contribution in [1.82, 2.24) is 0 Å². The van der Waals surface area contributed by atoms with Crippen LogP contribution in [0.25, 0.3) is 76.8 Å². The van der Waals surface area contributed by atoms with E-state index < -0.39 is 0 Å². The molecule has 9 aromatic rings. The predicted molar refractivity (Wildman–Crippen MR) is 220 cm³/mol. The second-order valence-corrected chi connectivity index (χ2v) is 14.6. The summed E-state index contributed by atoms with van der Waals surface area (Å²) >= 11 is 0. The van der Waals surface area contributed by atoms with Crippen molar-refractivity contribution < 1.29 is 0 Å². The SMILES string of the molecule is c1ccc(-c2c(-c3c4c(c(-c5ccc6ccccc6c5-c5ccccc5)c5ccccc35)C3CCC4c4ccccc43)ccc3ccccc23)cc1. The van der Waals surface area contributed by atoms with Crippen LogP contribution in [0.5, 0.6) is 0 Å². The van der Waals surface area contributed by atoms with E-state index in [1.165, 1.54) is 99.1 Å². The summed E-state index contributed by atoms with van der Waals surface area (Å²) in [7, 11) is 0. The van der Waals surface area contributed by atoms with Crippen LogP contribution in [-0.4, -0.2) is 0 Å². The molecule has 0 nitrogen and oxygen atoms in total. The van der Waals surface area contributed by atoms with E-state index in [1.807, 2.05) is 0 Å². The molecule has 0 radical (unpaired) electrons. The summed E-state index contributed by atoms with van der Waals surface area (Å²) in [6, 6.07) is 68.1. The molecule has 0 saturated carbocycles. The smallest absolute Gasteiger partial charge is 0.0102 e. The summed E-state index contributed by atoms with van der Waals surface area (Å²) in [4.78, 5) is 0. The molecule has 0 heterocycles. The van der Waals surface area contributed by atoms with Gasteiger partial charge in [-0.2, -0.15) is 0 Å². The first-order valence-corrected chi connectivity index (χ1v) is 18.7. The van der Waals surface area contributed by atoms with E-state index in [9.17, 15) is 0 Å². The first kappa shape index (κ1) is 29.5. The molecule has 52 heavy (non-hydrogen) atoms. The van der Waals surface area contributed by atoms with Crippen LogP contribution in [-0.2, 0) is 0 Å². The van der Waals surface area contributed by atoms with Crippen LogP contribution < -0.4 is 0 Å². The summed E-state index contributed by atoms with van der Waals surface area (Å²) in [6.45, 7) is 0. The van der Waals surface area contributed by atoms with Crippen LogP contribution in [0, 0.1) is 0 Å². The molecule has 0 fully saturated rings. The summed E-state index contributed by atoms with van der Waals surface area (Å²) < 4.78 is 0. The Morgan fingerprint density at radius 3 is 1.10 bits per heavy atom. The van der Waals surface area contributed by atoms with Crippen LogP contribution in [0.3, 0.4) is 0 Å². The molecule has 0 amide bonds. The molecule has 3 aliphatic rings. The van der Waals surface area contributed by atoms with E-state index in [0.29, 0.717) is 11.8 Å². The zero-order chi connectivity index (χ0) is 34.2. The van der Waals surface area contributed by atoms with Gasteiger partial charge >= 0.3 is 0 Å². The number of hydrogen-bond donors (Lipinski definition) is 0. The average Bonchev–Trinajstić information content (AvgIpc) is 3.23. The molecule has 12 rings (SSSR count). The van der Waals surface area contributed by atoms with Gasteiger partial charge in [-0.1, -0.05) is 182 Å². The summed E-state index contributed by atoms with van der Waals surface area (Å²) in [5, 5.41) is 7.82. The van der Waals surface area contributed by atoms with Crippen molar-refractivity contribution in [2.24, 2.45) is 0 Å². The van der Waals surface area contributed by atoms with Crippen LogP contribution in [0.2, 0.25) is 0 Å². The van der Waals surface area contributed by atoms with Gasteiger partial charge in [0.15, 0.2) is 0 Å². The Kier molecular flexibility index (Phi) is 6.61. The second kappa shape index (κ2) is 11.7. The van der Waals surface area contributed by atoms with Gasteiger partial charge in [-0.15, -0.1) is 0 Å². The van der Waals surface area contributed by atoms with Crippen molar-refractivity contribution in [3.05, 3.63) is 204 Å². The molecule has 0 aromatic heterocycles. The van der Waals surface area contributed by atoms with Crippen molar-refractivity contribution in [2.75, 3.05) is 0 Å². The van der Waals surface area contributed by atoms with Crippen molar-refractivity contribution in [3.63, 3.8) is 0 Å². The summed E-state index contributed by atoms with van der Waals surface area (Å²) in [5.41, 5.74) is 16.7. The van der Waals surface area contributed by atoms with E-state index in [0.717, 1.165) is 12.8 Å². The van der Waals surface area contributed by atoms with Gasteiger partial charge in [-0.25, -0.2) is 0 Å². The highest BCUT2D eigenvalue weighted by molar-refractivity contribution is 6.16. The standard InChI is InChI=1S/C52H36/c1-3-17-35(18-4-1)47-37-21-9-7-15-33(37)27-29-45(47)49-41-25-13-14-26-42(41)50(52-44-32-31-43(51(49)52)39-23-11-12-24-40(39)44)46-30-28-34-16-8-10-22-38(34)48(46)36-19-5-2-6-20-36/h1-30,43-44H,31-32H2. The van der Waals surface area contributed by atoms with Gasteiger partial charge in [0.05, 0.1) is 0 Å². The fourth-order valence-electron chi connectivity index (χ4n) is 9.96. The maximum atomic E-state index is 2.42. The van der Waals surface area contributed by atoms with E-state index in [2.05, 4.69) is 182 Å². The Bertz CT molecular complexity index is 2650. The molecule has 2 unspecified atom stereocenters. The van der Waals surface area contributed by atoms with Crippen molar-refractivity contribution in [1.29, 1.82) is 0 Å². The Hall–Kier alpha value is -6.24. The average molecular weight is 661 g/mol. The largest absolute Gasteiger partial charge is 0.0622 e. The number of rotatable bonds is 4. The third-order valence-electron chi connectivity index (χ3n) is 12.0. The van der Waals surface area contributed by atoms with Gasteiger partial charge in [0.1, 0.15) is 0 Å². The highest BCUT2D eigenvalue weighted by Crippen LogP contribution is 2.61. The minimum Gasteiger partial charge on any atom is -0.0622 e. The zero-order valence-electron chi connectivity index (χ0n) is 28.9. The van der Waals surface area contributed by atoms with Gasteiger partial charge in [0, 0.05) is 11.8 Å². The molecular formula is C52H36. The minimum atomic E-state index is 0.324. The molecule has 244 valence electrons. The van der Waals surface area contributed by atoms with Crippen LogP contribution >= 0.6 is 0 Å². The van der Waals surface area contributed by atoms with Gasteiger partial charge in [-0.05, 0) is 112 Å². The highest BCUT2D eigenvalue weighted by Gasteiger charge is 2.42. The normalized spacial score (nSPS) is 15.9. The van der Waals surface area contributed by atoms with E-state index in [4.69, 9.17) is 0 Å². The van der Waals surface area contributed by atoms with Crippen molar-refractivity contribution in [2.45, 2.75) is 24.7 Å². The van der Waals surface area contributed by atoms with Gasteiger partial charge < -0.3 is 0 Å². The lowest BCUT2D eigenvalue weighted by Gasteiger charge is -2.44. The molecule has 2 bridgehead atoms. The number of hydrogen-bond acceptors (Lipinski definition) is 0. The third-order valence-corrected chi connectivity index (χ3v) is 12.0. The summed E-state index contributed by atoms with van der Waals surface area (Å²) in [5.74, 6) is 0.649. The fraction of sp³-hybridized carbons (Fsp3) is 0.0769. The lowest BCUT2D eigenvalue weighted by molar-refractivity contribution is 0.522. The van der Waals surface area contributed by atoms with Crippen LogP contribution in [0.4, 0.5) is 0 Å². The van der Waals surface area contributed by atoms with Gasteiger partial charge in [-0.3, -0.25) is 0 Å². The molecular weight excluding hydrogens is 625 g/mol. The molecule has 0 heteroatoms. The Morgan fingerprint density at radius 2 is 0.654 bits per heavy atom. The third kappa shape index (κ3) is 4.28. The van der Waals surface area contributed by atoms with Crippen LogP contribution in [0.1, 0.15) is 46.9 Å². The number of fused-ring (bicyclic) bond motifs is 4. The van der Waals surface area contributed by atoms with E-state index in [1.54, 1.807) is 0 Å². The van der Waals surface area contributed by atoms with Crippen molar-refractivity contribution in [3.8, 4) is 44.5 Å². The molecule has 3 aliphatic carbocycles. The molecule has 0 aliphatic heterocycles. The fourth-order valence-corrected chi connectivity index (χ4v) is 9.96. The Morgan fingerprint density at radius 1 is 0.288 bits per heavy atom. The van der Waals surface area contributed by atoms with Crippen LogP contribution in [0.15, 0.2) is 182 Å². The molecule has 9 aromatic carbocycles. The second-order valence-electron chi connectivity index (χ2n) is 14.6. The monoisotopic (exact) mass is 660 g/mol. The maximum Gasteiger partial charge on any atom is 0.0102 e. The molecule has 0 N–H and O–H groups in total. The zero-order valence-corrected chi connectivity index (χ0v) is 28.9. The van der Waals surface area contributed by atoms with Crippen molar-refractivity contribution >= 4 is 32.3 Å². The predicted octanol–water partition coefficient (Wildman–Crippen LogP) is 14.2. The highest BCUT2D eigenvalue weighted by atomic mass is 14.4. The van der Waals surface area contributed by atoms with Gasteiger partial charge in [0.2, 0.25) is 0 Å². The first-order chi connectivity index (χ1) is 25.8. The molecule has 2 atom stereocenters. The van der Waals surface area contributed by atoms with Gasteiger partial charge in [0.25, 0.3) is 0 Å². The first-order valence-electron chi connectivity index (χ1n) is 18.7. The Labute approximate surface area is 304 Å². The Balaban J connectivity index is 1.34. The molecule has 0 saturated heterocycles.